The second-order valence-corrected chi connectivity index (χ2v) is 5.12. The second kappa shape index (κ2) is 5.29. The van der Waals surface area contributed by atoms with Gasteiger partial charge in [0.05, 0.1) is 11.8 Å². The van der Waals surface area contributed by atoms with Crippen LogP contribution in [0.3, 0.4) is 0 Å². The molecule has 4 heteroatoms. The van der Waals surface area contributed by atoms with Crippen molar-refractivity contribution in [1.82, 2.24) is 0 Å². The molecule has 1 aromatic carbocycles. The fourth-order valence-electron chi connectivity index (χ4n) is 2.32. The zero-order valence-corrected chi connectivity index (χ0v) is 10.7. The Morgan fingerprint density at radius 2 is 1.94 bits per heavy atom. The Kier molecular flexibility index (Phi) is 3.75. The van der Waals surface area contributed by atoms with Gasteiger partial charge in [-0.3, -0.25) is 4.79 Å². The number of carbonyl (C=O) groups excluding carboxylic acids is 1. The molecule has 2 rings (SSSR count). The van der Waals surface area contributed by atoms with Crippen molar-refractivity contribution < 1.29 is 9.53 Å². The molecule has 0 radical (unpaired) electrons. The van der Waals surface area contributed by atoms with Crippen molar-refractivity contribution in [2.75, 3.05) is 5.73 Å². The van der Waals surface area contributed by atoms with Crippen molar-refractivity contribution in [1.29, 1.82) is 0 Å². The van der Waals surface area contributed by atoms with Crippen molar-refractivity contribution in [3.8, 4) is 5.75 Å². The smallest absolute Gasteiger partial charge is 0.248 e. The standard InChI is InChI=1S/C14H20N2O2/c1-9-2-5-11(6-3-9)18-13-8-10(14(16)17)4-7-12(13)15/h4,7-9,11H,2-3,5-6,15H2,1H3,(H2,16,17). The van der Waals surface area contributed by atoms with Crippen LogP contribution in [0.1, 0.15) is 43.0 Å². The average molecular weight is 248 g/mol. The largest absolute Gasteiger partial charge is 0.488 e. The van der Waals surface area contributed by atoms with E-state index in [1.807, 2.05) is 0 Å². The zero-order chi connectivity index (χ0) is 13.1. The van der Waals surface area contributed by atoms with Crippen LogP contribution < -0.4 is 16.2 Å². The summed E-state index contributed by atoms with van der Waals surface area (Å²) in [5, 5.41) is 0. The maximum absolute atomic E-state index is 11.1. The van der Waals surface area contributed by atoms with Gasteiger partial charge in [0.2, 0.25) is 5.91 Å². The lowest BCUT2D eigenvalue weighted by molar-refractivity contribution is 0.0998. The van der Waals surface area contributed by atoms with Crippen molar-refractivity contribution in [2.24, 2.45) is 11.7 Å². The number of hydrogen-bond acceptors (Lipinski definition) is 3. The predicted molar refractivity (Wildman–Crippen MR) is 71.4 cm³/mol. The molecule has 98 valence electrons. The van der Waals surface area contributed by atoms with E-state index in [1.165, 1.54) is 12.8 Å². The SMILES string of the molecule is CC1CCC(Oc2cc(C(N)=O)ccc2N)CC1. The van der Waals surface area contributed by atoms with E-state index in [9.17, 15) is 4.79 Å². The van der Waals surface area contributed by atoms with Gasteiger partial charge in [0, 0.05) is 5.56 Å². The lowest BCUT2D eigenvalue weighted by Gasteiger charge is -2.27. The molecule has 4 N–H and O–H groups in total. The Labute approximate surface area is 107 Å². The molecule has 1 amide bonds. The predicted octanol–water partition coefficient (Wildman–Crippen LogP) is 2.33. The second-order valence-electron chi connectivity index (χ2n) is 5.12. The number of amides is 1. The highest BCUT2D eigenvalue weighted by Crippen LogP contribution is 2.30. The van der Waals surface area contributed by atoms with Gasteiger partial charge in [-0.05, 0) is 49.8 Å². The van der Waals surface area contributed by atoms with Gasteiger partial charge in [0.1, 0.15) is 5.75 Å². The first-order chi connectivity index (χ1) is 8.56. The molecule has 0 spiro atoms. The first-order valence-corrected chi connectivity index (χ1v) is 6.42. The maximum Gasteiger partial charge on any atom is 0.248 e. The normalized spacial score (nSPS) is 23.6. The topological polar surface area (TPSA) is 78.3 Å². The summed E-state index contributed by atoms with van der Waals surface area (Å²) < 4.78 is 5.89. The molecule has 0 aliphatic heterocycles. The molecule has 1 saturated carbocycles. The fourth-order valence-corrected chi connectivity index (χ4v) is 2.32. The highest BCUT2D eigenvalue weighted by Gasteiger charge is 2.20. The molecule has 0 aromatic heterocycles. The molecule has 1 fully saturated rings. The minimum atomic E-state index is -0.461. The van der Waals surface area contributed by atoms with Crippen LogP contribution in [0, 0.1) is 5.92 Å². The molecule has 0 unspecified atom stereocenters. The third-order valence-electron chi connectivity index (χ3n) is 3.55. The number of hydrogen-bond donors (Lipinski definition) is 2. The van der Waals surface area contributed by atoms with Gasteiger partial charge in [0.25, 0.3) is 0 Å². The highest BCUT2D eigenvalue weighted by molar-refractivity contribution is 5.93. The Morgan fingerprint density at radius 3 is 2.56 bits per heavy atom. The lowest BCUT2D eigenvalue weighted by atomic mass is 9.89. The number of nitrogens with two attached hydrogens (primary N) is 2. The van der Waals surface area contributed by atoms with E-state index in [0.29, 0.717) is 17.0 Å². The van der Waals surface area contributed by atoms with Crippen LogP contribution in [0.4, 0.5) is 5.69 Å². The number of primary amides is 1. The van der Waals surface area contributed by atoms with Crippen molar-refractivity contribution in [3.63, 3.8) is 0 Å². The Balaban J connectivity index is 2.08. The van der Waals surface area contributed by atoms with E-state index in [2.05, 4.69) is 6.92 Å². The summed E-state index contributed by atoms with van der Waals surface area (Å²) in [6, 6.07) is 4.92. The summed E-state index contributed by atoms with van der Waals surface area (Å²) in [7, 11) is 0. The van der Waals surface area contributed by atoms with E-state index < -0.39 is 5.91 Å². The first kappa shape index (κ1) is 12.7. The van der Waals surface area contributed by atoms with Gasteiger partial charge in [-0.25, -0.2) is 0 Å². The summed E-state index contributed by atoms with van der Waals surface area (Å²) in [6.45, 7) is 2.26. The van der Waals surface area contributed by atoms with Gasteiger partial charge in [0.15, 0.2) is 0 Å². The third-order valence-corrected chi connectivity index (χ3v) is 3.55. The molecule has 4 nitrogen and oxygen atoms in total. The minimum absolute atomic E-state index is 0.201. The summed E-state index contributed by atoms with van der Waals surface area (Å²) in [4.78, 5) is 11.1. The Morgan fingerprint density at radius 1 is 1.28 bits per heavy atom. The van der Waals surface area contributed by atoms with Crippen molar-refractivity contribution in [3.05, 3.63) is 23.8 Å². The van der Waals surface area contributed by atoms with Gasteiger partial charge >= 0.3 is 0 Å². The van der Waals surface area contributed by atoms with E-state index in [0.717, 1.165) is 18.8 Å². The monoisotopic (exact) mass is 248 g/mol. The molecule has 18 heavy (non-hydrogen) atoms. The molecular weight excluding hydrogens is 228 g/mol. The van der Waals surface area contributed by atoms with Crippen LogP contribution in [-0.2, 0) is 0 Å². The average Bonchev–Trinajstić information content (AvgIpc) is 2.34. The molecule has 1 aliphatic carbocycles. The maximum atomic E-state index is 11.1. The number of benzene rings is 1. The zero-order valence-electron chi connectivity index (χ0n) is 10.7. The van der Waals surface area contributed by atoms with Gasteiger partial charge in [-0.2, -0.15) is 0 Å². The van der Waals surface area contributed by atoms with Gasteiger partial charge in [-0.1, -0.05) is 6.92 Å². The van der Waals surface area contributed by atoms with Crippen molar-refractivity contribution >= 4 is 11.6 Å². The summed E-state index contributed by atoms with van der Waals surface area (Å²) in [5.74, 6) is 0.891. The van der Waals surface area contributed by atoms with E-state index in [4.69, 9.17) is 16.2 Å². The Hall–Kier alpha value is -1.71. The number of anilines is 1. The molecule has 0 atom stereocenters. The fraction of sp³-hybridized carbons (Fsp3) is 0.500. The third kappa shape index (κ3) is 2.94. The van der Waals surface area contributed by atoms with Crippen LogP contribution in [0.2, 0.25) is 0 Å². The molecule has 0 bridgehead atoms. The number of nitrogen functional groups attached to an aromatic ring is 1. The quantitative estimate of drug-likeness (QED) is 0.806. The lowest BCUT2D eigenvalue weighted by Crippen LogP contribution is -2.23. The molecule has 1 aliphatic rings. The minimum Gasteiger partial charge on any atom is -0.488 e. The highest BCUT2D eigenvalue weighted by atomic mass is 16.5. The van der Waals surface area contributed by atoms with E-state index >= 15 is 0 Å². The first-order valence-electron chi connectivity index (χ1n) is 6.42. The van der Waals surface area contributed by atoms with Crippen molar-refractivity contribution in [2.45, 2.75) is 38.7 Å². The molecule has 0 heterocycles. The van der Waals surface area contributed by atoms with Crippen LogP contribution in [0.5, 0.6) is 5.75 Å². The molecular formula is C14H20N2O2. The number of ether oxygens (including phenoxy) is 1. The summed E-state index contributed by atoms with van der Waals surface area (Å²) in [5.41, 5.74) is 12.1. The van der Waals surface area contributed by atoms with E-state index in [1.54, 1.807) is 18.2 Å². The van der Waals surface area contributed by atoms with E-state index in [-0.39, 0.29) is 6.10 Å². The van der Waals surface area contributed by atoms with Crippen LogP contribution in [0.25, 0.3) is 0 Å². The van der Waals surface area contributed by atoms with Crippen LogP contribution in [-0.4, -0.2) is 12.0 Å². The molecule has 0 saturated heterocycles. The molecule has 1 aromatic rings. The summed E-state index contributed by atoms with van der Waals surface area (Å²) in [6.07, 6.45) is 4.65. The van der Waals surface area contributed by atoms with Gasteiger partial charge < -0.3 is 16.2 Å². The Bertz CT molecular complexity index is 437. The summed E-state index contributed by atoms with van der Waals surface area (Å²) >= 11 is 0. The van der Waals surface area contributed by atoms with Crippen LogP contribution >= 0.6 is 0 Å². The number of carbonyl (C=O) groups is 1. The van der Waals surface area contributed by atoms with Gasteiger partial charge in [-0.15, -0.1) is 0 Å². The van der Waals surface area contributed by atoms with Crippen LogP contribution in [0.15, 0.2) is 18.2 Å². The number of rotatable bonds is 3.